The first-order valence-electron chi connectivity index (χ1n) is 7.52. The fourth-order valence-electron chi connectivity index (χ4n) is 1.87. The van der Waals surface area contributed by atoms with Crippen molar-refractivity contribution < 1.29 is 9.52 Å². The van der Waals surface area contributed by atoms with Crippen LogP contribution in [0.3, 0.4) is 0 Å². The highest BCUT2D eigenvalue weighted by atomic mass is 16.3. The molecule has 1 aromatic heterocycles. The summed E-state index contributed by atoms with van der Waals surface area (Å²) < 4.78 is 5.29. The molecule has 0 spiro atoms. The molecule has 114 valence electrons. The Morgan fingerprint density at radius 2 is 2.10 bits per heavy atom. The van der Waals surface area contributed by atoms with Gasteiger partial charge in [0.25, 0.3) is 0 Å². The third kappa shape index (κ3) is 7.84. The minimum Gasteiger partial charge on any atom is -0.469 e. The van der Waals surface area contributed by atoms with Gasteiger partial charge in [0.2, 0.25) is 0 Å². The molecule has 0 atom stereocenters. The van der Waals surface area contributed by atoms with E-state index >= 15 is 0 Å². The maximum atomic E-state index is 8.70. The topological polar surface area (TPSA) is 69.8 Å². The van der Waals surface area contributed by atoms with Crippen LogP contribution in [-0.4, -0.2) is 37.3 Å². The maximum Gasteiger partial charge on any atom is 0.191 e. The molecule has 0 radical (unpaired) electrons. The summed E-state index contributed by atoms with van der Waals surface area (Å²) in [5.74, 6) is 1.85. The van der Waals surface area contributed by atoms with Crippen LogP contribution in [0.1, 0.15) is 38.4 Å². The summed E-state index contributed by atoms with van der Waals surface area (Å²) in [7, 11) is 0. The fraction of sp³-hybridized carbons (Fsp3) is 0.667. The first-order chi connectivity index (χ1) is 9.86. The zero-order valence-corrected chi connectivity index (χ0v) is 12.4. The van der Waals surface area contributed by atoms with Crippen molar-refractivity contribution in [3.63, 3.8) is 0 Å². The van der Waals surface area contributed by atoms with Gasteiger partial charge in [0.1, 0.15) is 5.76 Å². The van der Waals surface area contributed by atoms with Gasteiger partial charge in [-0.05, 0) is 31.9 Å². The number of furan rings is 1. The van der Waals surface area contributed by atoms with Crippen LogP contribution in [0.4, 0.5) is 0 Å². The molecule has 1 heterocycles. The van der Waals surface area contributed by atoms with Crippen molar-refractivity contribution >= 4 is 5.96 Å². The largest absolute Gasteiger partial charge is 0.469 e. The number of unbranched alkanes of at least 4 members (excludes halogenated alkanes) is 3. The lowest BCUT2D eigenvalue weighted by atomic mass is 10.2. The Bertz CT molecular complexity index is 350. The number of nitrogens with zero attached hydrogens (tertiary/aromatic N) is 1. The Labute approximate surface area is 121 Å². The molecule has 5 heteroatoms. The van der Waals surface area contributed by atoms with Crippen LogP contribution in [0.25, 0.3) is 0 Å². The van der Waals surface area contributed by atoms with Gasteiger partial charge in [0, 0.05) is 32.7 Å². The van der Waals surface area contributed by atoms with E-state index in [1.165, 1.54) is 0 Å². The van der Waals surface area contributed by atoms with Crippen molar-refractivity contribution in [2.24, 2.45) is 4.99 Å². The van der Waals surface area contributed by atoms with Crippen LogP contribution in [0, 0.1) is 0 Å². The molecule has 1 aromatic rings. The number of rotatable bonds is 10. The van der Waals surface area contributed by atoms with Crippen molar-refractivity contribution in [3.05, 3.63) is 24.2 Å². The molecule has 5 nitrogen and oxygen atoms in total. The SMILES string of the molecule is CCNC(=NCCCCCCO)NCCc1ccco1. The number of aliphatic hydroxyl groups excluding tert-OH is 1. The minimum atomic E-state index is 0.292. The van der Waals surface area contributed by atoms with E-state index in [0.29, 0.717) is 6.61 Å². The van der Waals surface area contributed by atoms with E-state index in [1.54, 1.807) is 6.26 Å². The molecule has 0 aromatic carbocycles. The zero-order valence-electron chi connectivity index (χ0n) is 12.4. The number of guanidine groups is 1. The van der Waals surface area contributed by atoms with E-state index in [0.717, 1.165) is 63.5 Å². The van der Waals surface area contributed by atoms with Crippen molar-refractivity contribution in [3.8, 4) is 0 Å². The van der Waals surface area contributed by atoms with Crippen LogP contribution in [0.2, 0.25) is 0 Å². The molecule has 3 N–H and O–H groups in total. The lowest BCUT2D eigenvalue weighted by Gasteiger charge is -2.10. The Morgan fingerprint density at radius 3 is 2.80 bits per heavy atom. The van der Waals surface area contributed by atoms with E-state index in [9.17, 15) is 0 Å². The Morgan fingerprint density at radius 1 is 1.25 bits per heavy atom. The zero-order chi connectivity index (χ0) is 14.5. The Balaban J connectivity index is 2.17. The number of aliphatic imine (C=N–C) groups is 1. The quantitative estimate of drug-likeness (QED) is 0.348. The molecular formula is C15H27N3O2. The molecule has 0 amide bonds. The Kier molecular flexibility index (Phi) is 9.40. The third-order valence-electron chi connectivity index (χ3n) is 2.92. The lowest BCUT2D eigenvalue weighted by molar-refractivity contribution is 0.282. The third-order valence-corrected chi connectivity index (χ3v) is 2.92. The van der Waals surface area contributed by atoms with Crippen LogP contribution in [0.15, 0.2) is 27.8 Å². The summed E-state index contributed by atoms with van der Waals surface area (Å²) in [6, 6.07) is 3.88. The first-order valence-corrected chi connectivity index (χ1v) is 7.52. The molecule has 0 saturated carbocycles. The number of aliphatic hydroxyl groups is 1. The van der Waals surface area contributed by atoms with Gasteiger partial charge in [-0.2, -0.15) is 0 Å². The Hall–Kier alpha value is -1.49. The highest BCUT2D eigenvalue weighted by molar-refractivity contribution is 5.79. The van der Waals surface area contributed by atoms with Crippen molar-refractivity contribution in [2.45, 2.75) is 39.0 Å². The summed E-state index contributed by atoms with van der Waals surface area (Å²) in [6.45, 7) is 4.84. The van der Waals surface area contributed by atoms with Crippen LogP contribution in [-0.2, 0) is 6.42 Å². The summed E-state index contributed by atoms with van der Waals surface area (Å²) >= 11 is 0. The average Bonchev–Trinajstić information content (AvgIpc) is 2.96. The normalized spacial score (nSPS) is 11.6. The molecule has 1 rings (SSSR count). The van der Waals surface area contributed by atoms with E-state index < -0.39 is 0 Å². The van der Waals surface area contributed by atoms with Gasteiger partial charge in [-0.15, -0.1) is 0 Å². The molecule has 20 heavy (non-hydrogen) atoms. The second-order valence-corrected chi connectivity index (χ2v) is 4.65. The molecule has 0 fully saturated rings. The van der Waals surface area contributed by atoms with Gasteiger partial charge in [0.15, 0.2) is 5.96 Å². The summed E-state index contributed by atoms with van der Waals surface area (Å²) in [6.07, 6.45) is 6.71. The monoisotopic (exact) mass is 281 g/mol. The average molecular weight is 281 g/mol. The van der Waals surface area contributed by atoms with Crippen LogP contribution in [0.5, 0.6) is 0 Å². The molecule has 0 saturated heterocycles. The van der Waals surface area contributed by atoms with Crippen LogP contribution >= 0.6 is 0 Å². The first kappa shape index (κ1) is 16.6. The van der Waals surface area contributed by atoms with Gasteiger partial charge in [-0.3, -0.25) is 4.99 Å². The lowest BCUT2D eigenvalue weighted by Crippen LogP contribution is -2.38. The number of hydrogen-bond donors (Lipinski definition) is 3. The number of hydrogen-bond acceptors (Lipinski definition) is 3. The molecule has 0 unspecified atom stereocenters. The second kappa shape index (κ2) is 11.3. The highest BCUT2D eigenvalue weighted by Gasteiger charge is 1.99. The van der Waals surface area contributed by atoms with E-state index in [4.69, 9.17) is 9.52 Å². The predicted molar refractivity (Wildman–Crippen MR) is 81.9 cm³/mol. The smallest absolute Gasteiger partial charge is 0.191 e. The van der Waals surface area contributed by atoms with Gasteiger partial charge in [-0.25, -0.2) is 0 Å². The van der Waals surface area contributed by atoms with Gasteiger partial charge in [0.05, 0.1) is 6.26 Å². The molecule has 0 aliphatic rings. The molecular weight excluding hydrogens is 254 g/mol. The number of nitrogens with one attached hydrogen (secondary N) is 2. The van der Waals surface area contributed by atoms with Crippen molar-refractivity contribution in [2.75, 3.05) is 26.2 Å². The van der Waals surface area contributed by atoms with Gasteiger partial charge < -0.3 is 20.2 Å². The fourth-order valence-corrected chi connectivity index (χ4v) is 1.87. The maximum absolute atomic E-state index is 8.70. The molecule has 0 aliphatic carbocycles. The van der Waals surface area contributed by atoms with E-state index in [2.05, 4.69) is 22.5 Å². The van der Waals surface area contributed by atoms with E-state index in [1.807, 2.05) is 12.1 Å². The summed E-state index contributed by atoms with van der Waals surface area (Å²) in [5, 5.41) is 15.2. The highest BCUT2D eigenvalue weighted by Crippen LogP contribution is 2.00. The van der Waals surface area contributed by atoms with Crippen molar-refractivity contribution in [1.29, 1.82) is 0 Å². The van der Waals surface area contributed by atoms with E-state index in [-0.39, 0.29) is 0 Å². The van der Waals surface area contributed by atoms with Crippen LogP contribution < -0.4 is 10.6 Å². The van der Waals surface area contributed by atoms with Gasteiger partial charge >= 0.3 is 0 Å². The second-order valence-electron chi connectivity index (χ2n) is 4.65. The molecule has 0 aliphatic heterocycles. The predicted octanol–water partition coefficient (Wildman–Crippen LogP) is 1.93. The summed E-state index contributed by atoms with van der Waals surface area (Å²) in [4.78, 5) is 4.53. The molecule has 0 bridgehead atoms. The standard InChI is InChI=1S/C15H27N3O2/c1-2-16-15(17-10-5-3-4-6-12-19)18-11-9-14-8-7-13-20-14/h7-8,13,19H,2-6,9-12H2,1H3,(H2,16,17,18). The summed E-state index contributed by atoms with van der Waals surface area (Å²) in [5.41, 5.74) is 0. The minimum absolute atomic E-state index is 0.292. The van der Waals surface area contributed by atoms with Crippen molar-refractivity contribution in [1.82, 2.24) is 10.6 Å². The van der Waals surface area contributed by atoms with Gasteiger partial charge in [-0.1, -0.05) is 12.8 Å².